The number of nitrogens with zero attached hydrogens (tertiary/aromatic N) is 2. The molecule has 0 aliphatic carbocycles. The lowest BCUT2D eigenvalue weighted by atomic mass is 10.1. The SMILES string of the molecule is C=CCCC(NN)c1cc(CC)nn1CC. The van der Waals surface area contributed by atoms with Crippen LogP contribution in [0.15, 0.2) is 18.7 Å². The van der Waals surface area contributed by atoms with Crippen LogP contribution in [0.4, 0.5) is 0 Å². The Morgan fingerprint density at radius 2 is 2.38 bits per heavy atom. The summed E-state index contributed by atoms with van der Waals surface area (Å²) in [5.74, 6) is 5.59. The summed E-state index contributed by atoms with van der Waals surface area (Å²) in [6.45, 7) is 8.82. The van der Waals surface area contributed by atoms with Crippen molar-refractivity contribution in [3.8, 4) is 0 Å². The summed E-state index contributed by atoms with van der Waals surface area (Å²) in [5.41, 5.74) is 5.15. The van der Waals surface area contributed by atoms with Gasteiger partial charge in [0.15, 0.2) is 0 Å². The van der Waals surface area contributed by atoms with Gasteiger partial charge < -0.3 is 0 Å². The molecule has 0 saturated carbocycles. The first-order valence-corrected chi connectivity index (χ1v) is 5.90. The second-order valence-corrected chi connectivity index (χ2v) is 3.82. The first-order chi connectivity index (χ1) is 7.76. The molecule has 3 N–H and O–H groups in total. The minimum atomic E-state index is 0.158. The van der Waals surface area contributed by atoms with E-state index in [0.717, 1.165) is 31.5 Å². The summed E-state index contributed by atoms with van der Waals surface area (Å²) in [7, 11) is 0. The van der Waals surface area contributed by atoms with Crippen molar-refractivity contribution in [3.63, 3.8) is 0 Å². The quantitative estimate of drug-likeness (QED) is 0.421. The molecule has 0 aromatic carbocycles. The Morgan fingerprint density at radius 3 is 2.88 bits per heavy atom. The Morgan fingerprint density at radius 1 is 1.62 bits per heavy atom. The van der Waals surface area contributed by atoms with E-state index in [-0.39, 0.29) is 6.04 Å². The van der Waals surface area contributed by atoms with Gasteiger partial charge in [0.05, 0.1) is 17.4 Å². The summed E-state index contributed by atoms with van der Waals surface area (Å²) in [4.78, 5) is 0. The van der Waals surface area contributed by atoms with Gasteiger partial charge in [-0.05, 0) is 32.3 Å². The van der Waals surface area contributed by atoms with Gasteiger partial charge in [-0.1, -0.05) is 13.0 Å². The van der Waals surface area contributed by atoms with Gasteiger partial charge in [0.2, 0.25) is 0 Å². The maximum absolute atomic E-state index is 5.59. The fourth-order valence-corrected chi connectivity index (χ4v) is 1.79. The largest absolute Gasteiger partial charge is 0.271 e. The van der Waals surface area contributed by atoms with Crippen molar-refractivity contribution in [2.24, 2.45) is 5.84 Å². The van der Waals surface area contributed by atoms with E-state index in [1.165, 1.54) is 5.69 Å². The number of allylic oxidation sites excluding steroid dienone is 1. The lowest BCUT2D eigenvalue weighted by molar-refractivity contribution is 0.469. The molecule has 4 heteroatoms. The molecule has 0 radical (unpaired) electrons. The Labute approximate surface area is 97.5 Å². The maximum Gasteiger partial charge on any atom is 0.0632 e. The van der Waals surface area contributed by atoms with Gasteiger partial charge in [0.25, 0.3) is 0 Å². The van der Waals surface area contributed by atoms with Gasteiger partial charge in [0.1, 0.15) is 0 Å². The standard InChI is InChI=1S/C12H22N4/c1-4-7-8-11(14-13)12-9-10(5-2)15-16(12)6-3/h4,9,11,14H,1,5-8,13H2,2-3H3. The van der Waals surface area contributed by atoms with Crippen LogP contribution in [0.2, 0.25) is 0 Å². The van der Waals surface area contributed by atoms with Crippen molar-refractivity contribution in [1.82, 2.24) is 15.2 Å². The van der Waals surface area contributed by atoms with Gasteiger partial charge in [0, 0.05) is 6.54 Å². The van der Waals surface area contributed by atoms with Crippen molar-refractivity contribution in [1.29, 1.82) is 0 Å². The molecular weight excluding hydrogens is 200 g/mol. The Balaban J connectivity index is 2.88. The number of rotatable bonds is 7. The van der Waals surface area contributed by atoms with Gasteiger partial charge in [-0.15, -0.1) is 6.58 Å². The predicted molar refractivity (Wildman–Crippen MR) is 66.8 cm³/mol. The highest BCUT2D eigenvalue weighted by Gasteiger charge is 2.15. The maximum atomic E-state index is 5.59. The summed E-state index contributed by atoms with van der Waals surface area (Å²) in [5, 5.41) is 4.52. The number of nitrogens with two attached hydrogens (primary N) is 1. The van der Waals surface area contributed by atoms with Crippen LogP contribution < -0.4 is 11.3 Å². The van der Waals surface area contributed by atoms with Crippen molar-refractivity contribution in [2.45, 2.75) is 45.7 Å². The van der Waals surface area contributed by atoms with Crippen molar-refractivity contribution < 1.29 is 0 Å². The summed E-state index contributed by atoms with van der Waals surface area (Å²) >= 11 is 0. The van der Waals surface area contributed by atoms with Crippen LogP contribution >= 0.6 is 0 Å². The van der Waals surface area contributed by atoms with Gasteiger partial charge >= 0.3 is 0 Å². The van der Waals surface area contributed by atoms with Crippen LogP contribution in [0.25, 0.3) is 0 Å². The second-order valence-electron chi connectivity index (χ2n) is 3.82. The number of hydrogen-bond acceptors (Lipinski definition) is 3. The van der Waals surface area contributed by atoms with E-state index in [9.17, 15) is 0 Å². The number of aryl methyl sites for hydroxylation is 2. The topological polar surface area (TPSA) is 55.9 Å². The molecule has 1 unspecified atom stereocenters. The molecule has 1 rings (SSSR count). The van der Waals surface area contributed by atoms with Crippen molar-refractivity contribution in [2.75, 3.05) is 0 Å². The molecule has 1 heterocycles. The predicted octanol–water partition coefficient (Wildman–Crippen LogP) is 1.94. The van der Waals surface area contributed by atoms with E-state index in [0.29, 0.717) is 0 Å². The fourth-order valence-electron chi connectivity index (χ4n) is 1.79. The van der Waals surface area contributed by atoms with E-state index >= 15 is 0 Å². The number of nitrogens with one attached hydrogen (secondary N) is 1. The summed E-state index contributed by atoms with van der Waals surface area (Å²) < 4.78 is 2.02. The normalized spacial score (nSPS) is 12.7. The van der Waals surface area contributed by atoms with Gasteiger partial charge in [-0.2, -0.15) is 5.10 Å². The fraction of sp³-hybridized carbons (Fsp3) is 0.583. The smallest absolute Gasteiger partial charge is 0.0632 e. The third kappa shape index (κ3) is 2.93. The number of hydrogen-bond donors (Lipinski definition) is 2. The van der Waals surface area contributed by atoms with E-state index in [1.54, 1.807) is 0 Å². The van der Waals surface area contributed by atoms with Gasteiger partial charge in [-0.25, -0.2) is 0 Å². The Hall–Kier alpha value is -1.13. The molecular formula is C12H22N4. The molecule has 90 valence electrons. The van der Waals surface area contributed by atoms with E-state index < -0.39 is 0 Å². The molecule has 0 aliphatic rings. The number of hydrazine groups is 1. The van der Waals surface area contributed by atoms with E-state index in [4.69, 9.17) is 5.84 Å². The first-order valence-electron chi connectivity index (χ1n) is 5.90. The highest BCUT2D eigenvalue weighted by atomic mass is 15.3. The van der Waals surface area contributed by atoms with E-state index in [1.807, 2.05) is 10.8 Å². The minimum Gasteiger partial charge on any atom is -0.271 e. The number of aromatic nitrogens is 2. The molecule has 1 aromatic heterocycles. The van der Waals surface area contributed by atoms with Crippen LogP contribution in [0.1, 0.15) is 44.1 Å². The van der Waals surface area contributed by atoms with Crippen LogP contribution in [0.5, 0.6) is 0 Å². The Kier molecular flexibility index (Phi) is 5.22. The zero-order valence-corrected chi connectivity index (χ0v) is 10.2. The third-order valence-corrected chi connectivity index (χ3v) is 2.74. The minimum absolute atomic E-state index is 0.158. The molecule has 16 heavy (non-hydrogen) atoms. The van der Waals surface area contributed by atoms with E-state index in [2.05, 4.69) is 37.0 Å². The van der Waals surface area contributed by atoms with Crippen LogP contribution in [0, 0.1) is 0 Å². The van der Waals surface area contributed by atoms with Crippen molar-refractivity contribution >= 4 is 0 Å². The molecule has 0 spiro atoms. The summed E-state index contributed by atoms with van der Waals surface area (Å²) in [6.07, 6.45) is 4.77. The second kappa shape index (κ2) is 6.45. The highest BCUT2D eigenvalue weighted by molar-refractivity contribution is 5.14. The molecule has 0 bridgehead atoms. The average molecular weight is 222 g/mol. The molecule has 1 aromatic rings. The lowest BCUT2D eigenvalue weighted by Gasteiger charge is -2.16. The molecule has 0 aliphatic heterocycles. The van der Waals surface area contributed by atoms with Crippen LogP contribution in [-0.2, 0) is 13.0 Å². The highest BCUT2D eigenvalue weighted by Crippen LogP contribution is 2.19. The monoisotopic (exact) mass is 222 g/mol. The zero-order valence-electron chi connectivity index (χ0n) is 10.2. The first kappa shape index (κ1) is 12.9. The Bertz CT molecular complexity index is 330. The molecule has 4 nitrogen and oxygen atoms in total. The molecule has 1 atom stereocenters. The van der Waals surface area contributed by atoms with Crippen LogP contribution in [0.3, 0.4) is 0 Å². The van der Waals surface area contributed by atoms with Gasteiger partial charge in [-0.3, -0.25) is 16.0 Å². The lowest BCUT2D eigenvalue weighted by Crippen LogP contribution is -2.29. The molecule has 0 saturated heterocycles. The average Bonchev–Trinajstić information content (AvgIpc) is 2.73. The molecule has 0 fully saturated rings. The molecule has 0 amide bonds. The van der Waals surface area contributed by atoms with Crippen LogP contribution in [-0.4, -0.2) is 9.78 Å². The van der Waals surface area contributed by atoms with Crippen molar-refractivity contribution in [3.05, 3.63) is 30.1 Å². The zero-order chi connectivity index (χ0) is 12.0. The third-order valence-electron chi connectivity index (χ3n) is 2.74. The summed E-state index contributed by atoms with van der Waals surface area (Å²) in [6, 6.07) is 2.29.